The molecule has 104 valence electrons. The second-order valence-corrected chi connectivity index (χ2v) is 4.65. The number of hydrogen-bond donors (Lipinski definition) is 3. The number of pyridine rings is 1. The Morgan fingerprint density at radius 2 is 1.95 bits per heavy atom. The molecular weight excluding hydrogens is 256 g/mol. The van der Waals surface area contributed by atoms with Crippen molar-refractivity contribution in [2.75, 3.05) is 5.73 Å². The molecule has 0 aliphatic rings. The molecule has 20 heavy (non-hydrogen) atoms. The van der Waals surface area contributed by atoms with Crippen molar-refractivity contribution in [1.82, 2.24) is 9.97 Å². The zero-order valence-corrected chi connectivity index (χ0v) is 11.7. The summed E-state index contributed by atoms with van der Waals surface area (Å²) in [5.41, 5.74) is 10.1. The topological polar surface area (TPSA) is 92.0 Å². The number of carboxylic acids is 1. The molecule has 0 bridgehead atoms. The second-order valence-electron chi connectivity index (χ2n) is 4.65. The Balaban J connectivity index is 0.000000328. The van der Waals surface area contributed by atoms with Gasteiger partial charge in [-0.2, -0.15) is 0 Å². The molecular formula is C15H17N3O2. The van der Waals surface area contributed by atoms with Gasteiger partial charge < -0.3 is 15.8 Å². The number of hydrogen-bond acceptors (Lipinski definition) is 3. The van der Waals surface area contributed by atoms with Crippen LogP contribution in [-0.4, -0.2) is 21.0 Å². The van der Waals surface area contributed by atoms with Gasteiger partial charge in [0.25, 0.3) is 5.97 Å². The van der Waals surface area contributed by atoms with Crippen molar-refractivity contribution in [2.45, 2.75) is 20.8 Å². The first-order chi connectivity index (χ1) is 9.41. The molecule has 2 aromatic heterocycles. The van der Waals surface area contributed by atoms with Crippen LogP contribution in [0.2, 0.25) is 0 Å². The van der Waals surface area contributed by atoms with Gasteiger partial charge in [-0.05, 0) is 19.9 Å². The highest BCUT2D eigenvalue weighted by atomic mass is 16.4. The molecule has 0 saturated carbocycles. The number of fused-ring (bicyclic) bond motifs is 3. The van der Waals surface area contributed by atoms with E-state index in [1.54, 1.807) is 0 Å². The van der Waals surface area contributed by atoms with E-state index < -0.39 is 5.97 Å². The molecule has 1 aromatic carbocycles. The van der Waals surface area contributed by atoms with Gasteiger partial charge in [0.2, 0.25) is 0 Å². The third-order valence-corrected chi connectivity index (χ3v) is 3.12. The van der Waals surface area contributed by atoms with Gasteiger partial charge >= 0.3 is 0 Å². The zero-order chi connectivity index (χ0) is 14.9. The first kappa shape index (κ1) is 13.9. The number of aryl methyl sites for hydroxylation is 2. The summed E-state index contributed by atoms with van der Waals surface area (Å²) in [7, 11) is 0. The Morgan fingerprint density at radius 3 is 2.60 bits per heavy atom. The van der Waals surface area contributed by atoms with Crippen LogP contribution in [0.4, 0.5) is 5.82 Å². The van der Waals surface area contributed by atoms with E-state index in [0.29, 0.717) is 5.82 Å². The highest BCUT2D eigenvalue weighted by Gasteiger charge is 2.11. The Hall–Kier alpha value is -2.56. The number of rotatable bonds is 0. The maximum absolute atomic E-state index is 9.00. The predicted octanol–water partition coefficient (Wildman–Crippen LogP) is 3.01. The second kappa shape index (κ2) is 5.21. The van der Waals surface area contributed by atoms with Crippen LogP contribution >= 0.6 is 0 Å². The highest BCUT2D eigenvalue weighted by molar-refractivity contribution is 6.10. The first-order valence-corrected chi connectivity index (χ1v) is 6.24. The maximum atomic E-state index is 9.00. The SMILES string of the molecule is CC(=O)O.Cc1n[14c](N)c(C)c2[nH]c3ccccc3c12. The number of nitrogens with zero attached hydrogens (tertiary/aromatic N) is 1. The smallest absolute Gasteiger partial charge is 0.300 e. The number of carbonyl (C=O) groups is 1. The lowest BCUT2D eigenvalue weighted by atomic mass is 10.1. The van der Waals surface area contributed by atoms with E-state index in [-0.39, 0.29) is 0 Å². The molecule has 2 heterocycles. The van der Waals surface area contributed by atoms with Crippen LogP contribution in [0.3, 0.4) is 0 Å². The number of aliphatic carboxylic acids is 1. The molecule has 4 N–H and O–H groups in total. The summed E-state index contributed by atoms with van der Waals surface area (Å²) >= 11 is 0. The number of nitrogens with one attached hydrogen (secondary N) is 1. The van der Waals surface area contributed by atoms with E-state index in [1.807, 2.05) is 26.0 Å². The van der Waals surface area contributed by atoms with Gasteiger partial charge in [0.15, 0.2) is 0 Å². The van der Waals surface area contributed by atoms with Crippen LogP contribution in [0.15, 0.2) is 24.3 Å². The van der Waals surface area contributed by atoms with E-state index >= 15 is 0 Å². The maximum Gasteiger partial charge on any atom is 0.300 e. The molecule has 0 fully saturated rings. The largest absolute Gasteiger partial charge is 0.481 e. The number of carboxylic acid groups (broad SMARTS) is 1. The lowest BCUT2D eigenvalue weighted by Gasteiger charge is -2.03. The molecule has 0 amide bonds. The summed E-state index contributed by atoms with van der Waals surface area (Å²) < 4.78 is 0. The Bertz CT molecular complexity index is 787. The molecule has 3 rings (SSSR count). The first-order valence-electron chi connectivity index (χ1n) is 6.24. The minimum Gasteiger partial charge on any atom is -0.481 e. The van der Waals surface area contributed by atoms with Crippen LogP contribution in [-0.2, 0) is 4.79 Å². The molecule has 3 aromatic rings. The lowest BCUT2D eigenvalue weighted by molar-refractivity contribution is -0.134. The van der Waals surface area contributed by atoms with Crippen molar-refractivity contribution in [1.29, 1.82) is 0 Å². The van der Waals surface area contributed by atoms with Crippen molar-refractivity contribution in [3.05, 3.63) is 35.5 Å². The summed E-state index contributed by atoms with van der Waals surface area (Å²) in [6.45, 7) is 5.08. The van der Waals surface area contributed by atoms with Crippen LogP contribution in [0.1, 0.15) is 18.2 Å². The number of aromatic amines is 1. The summed E-state index contributed by atoms with van der Waals surface area (Å²) in [6, 6.07) is 8.25. The number of nitrogens with two attached hydrogens (primary N) is 1. The standard InChI is InChI=1S/C13H13N3.C2H4O2/c1-7-12-11(8(2)15-13(7)14)9-5-3-4-6-10(9)16-12;1-2(3)4/h3-6,16H,1-2H3,(H2,14,15);1H3,(H,3,4)/i13+2;. The van der Waals surface area contributed by atoms with Gasteiger partial charge in [0, 0.05) is 34.5 Å². The number of aromatic nitrogens is 2. The van der Waals surface area contributed by atoms with Crippen LogP contribution in [0, 0.1) is 13.8 Å². The minimum absolute atomic E-state index is 0.608. The summed E-state index contributed by atoms with van der Waals surface area (Å²) in [5.74, 6) is -0.225. The van der Waals surface area contributed by atoms with Crippen molar-refractivity contribution in [3.63, 3.8) is 0 Å². The van der Waals surface area contributed by atoms with E-state index in [2.05, 4.69) is 22.1 Å². The number of anilines is 1. The lowest BCUT2D eigenvalue weighted by Crippen LogP contribution is -1.96. The highest BCUT2D eigenvalue weighted by Crippen LogP contribution is 2.30. The average molecular weight is 273 g/mol. The van der Waals surface area contributed by atoms with Crippen molar-refractivity contribution in [3.8, 4) is 0 Å². The predicted molar refractivity (Wildman–Crippen MR) is 80.8 cm³/mol. The number of benzene rings is 1. The van der Waals surface area contributed by atoms with Crippen LogP contribution in [0.5, 0.6) is 0 Å². The van der Waals surface area contributed by atoms with Crippen molar-refractivity contribution in [2.24, 2.45) is 0 Å². The molecule has 0 saturated heterocycles. The van der Waals surface area contributed by atoms with E-state index in [9.17, 15) is 0 Å². The quantitative estimate of drug-likeness (QED) is 0.587. The third-order valence-electron chi connectivity index (χ3n) is 3.12. The van der Waals surface area contributed by atoms with Gasteiger partial charge in [-0.1, -0.05) is 18.2 Å². The third kappa shape index (κ3) is 2.42. The summed E-state index contributed by atoms with van der Waals surface area (Å²) in [6.07, 6.45) is 0. The fourth-order valence-electron chi connectivity index (χ4n) is 2.25. The minimum atomic E-state index is -0.833. The fourth-order valence-corrected chi connectivity index (χ4v) is 2.25. The van der Waals surface area contributed by atoms with E-state index in [1.165, 1.54) is 10.8 Å². The molecule has 5 heteroatoms. The van der Waals surface area contributed by atoms with Gasteiger partial charge in [0.1, 0.15) is 5.82 Å². The normalized spacial score (nSPS) is 10.3. The van der Waals surface area contributed by atoms with Crippen molar-refractivity contribution < 1.29 is 9.90 Å². The monoisotopic (exact) mass is 273 g/mol. The zero-order valence-electron chi connectivity index (χ0n) is 11.7. The van der Waals surface area contributed by atoms with Crippen LogP contribution < -0.4 is 5.73 Å². The summed E-state index contributed by atoms with van der Waals surface area (Å²) in [4.78, 5) is 16.8. The van der Waals surface area contributed by atoms with Crippen LogP contribution in [0.25, 0.3) is 21.8 Å². The van der Waals surface area contributed by atoms with Gasteiger partial charge in [-0.3, -0.25) is 4.79 Å². The van der Waals surface area contributed by atoms with Gasteiger partial charge in [-0.25, -0.2) is 4.98 Å². The molecule has 0 spiro atoms. The number of para-hydroxylation sites is 1. The Morgan fingerprint density at radius 1 is 1.35 bits per heavy atom. The Labute approximate surface area is 116 Å². The molecule has 0 aliphatic carbocycles. The average Bonchev–Trinajstić information content (AvgIpc) is 2.75. The van der Waals surface area contributed by atoms with E-state index in [4.69, 9.17) is 15.6 Å². The summed E-state index contributed by atoms with van der Waals surface area (Å²) in [5, 5.41) is 9.81. The van der Waals surface area contributed by atoms with Gasteiger partial charge in [-0.15, -0.1) is 0 Å². The van der Waals surface area contributed by atoms with Gasteiger partial charge in [0.05, 0.1) is 5.52 Å². The van der Waals surface area contributed by atoms with Crippen molar-refractivity contribution >= 4 is 33.6 Å². The molecule has 0 unspecified atom stereocenters. The fraction of sp³-hybridized carbons (Fsp3) is 0.200. The molecule has 0 radical (unpaired) electrons. The van der Waals surface area contributed by atoms with E-state index in [0.717, 1.165) is 29.2 Å². The molecule has 5 nitrogen and oxygen atoms in total. The number of H-pyrrole nitrogens is 1. The Kier molecular flexibility index (Phi) is 3.61. The molecule has 0 atom stereocenters. The molecule has 0 aliphatic heterocycles. The number of nitrogen functional groups attached to an aromatic ring is 1.